The number of benzene rings is 1. The van der Waals surface area contributed by atoms with Crippen LogP contribution in [-0.4, -0.2) is 9.97 Å². The number of rotatable bonds is 5. The zero-order valence-electron chi connectivity index (χ0n) is 13.7. The lowest BCUT2D eigenvalue weighted by Crippen LogP contribution is -2.13. The predicted octanol–water partition coefficient (Wildman–Crippen LogP) is 4.54. The van der Waals surface area contributed by atoms with Crippen LogP contribution in [0.1, 0.15) is 33.3 Å². The number of nitrogens with zero attached hydrogens (tertiary/aromatic N) is 2. The van der Waals surface area contributed by atoms with Gasteiger partial charge in [0.05, 0.1) is 11.0 Å². The predicted molar refractivity (Wildman–Crippen MR) is 93.3 cm³/mol. The van der Waals surface area contributed by atoms with Crippen LogP contribution in [-0.2, 0) is 6.54 Å². The van der Waals surface area contributed by atoms with E-state index in [0.29, 0.717) is 0 Å². The smallest absolute Gasteiger partial charge is 0.0890 e. The van der Waals surface area contributed by atoms with Gasteiger partial charge >= 0.3 is 0 Å². The molecule has 0 saturated heterocycles. The summed E-state index contributed by atoms with van der Waals surface area (Å²) in [6, 6.07) is 6.19. The van der Waals surface area contributed by atoms with E-state index in [1.807, 2.05) is 13.0 Å². The molecule has 0 fully saturated rings. The number of fused-ring (bicyclic) bond motifs is 1. The van der Waals surface area contributed by atoms with E-state index in [4.69, 9.17) is 0 Å². The standard InChI is InChI=1S/C19H23N3/c1-5-17(15(4)7-6-14(2)3)22-13-16-8-9-18-19(12-16)21-11-10-20-18/h5-12,22H,13H2,1-4H3/b15-7-,17-5+. The minimum Gasteiger partial charge on any atom is -0.381 e. The average molecular weight is 293 g/mol. The van der Waals surface area contributed by atoms with Crippen molar-refractivity contribution in [1.82, 2.24) is 15.3 Å². The Hall–Kier alpha value is -2.42. The second kappa shape index (κ2) is 7.55. The summed E-state index contributed by atoms with van der Waals surface area (Å²) in [6.45, 7) is 9.14. The highest BCUT2D eigenvalue weighted by Crippen LogP contribution is 2.13. The molecule has 0 radical (unpaired) electrons. The Morgan fingerprint density at radius 1 is 1.05 bits per heavy atom. The van der Waals surface area contributed by atoms with Gasteiger partial charge in [0, 0.05) is 24.6 Å². The Bertz CT molecular complexity index is 735. The molecule has 22 heavy (non-hydrogen) atoms. The van der Waals surface area contributed by atoms with Gasteiger partial charge in [0.2, 0.25) is 0 Å². The maximum Gasteiger partial charge on any atom is 0.0890 e. The van der Waals surface area contributed by atoms with Gasteiger partial charge in [0.15, 0.2) is 0 Å². The van der Waals surface area contributed by atoms with E-state index in [2.05, 4.69) is 66.4 Å². The second-order valence-electron chi connectivity index (χ2n) is 5.53. The van der Waals surface area contributed by atoms with Crippen molar-refractivity contribution >= 4 is 11.0 Å². The number of nitrogens with one attached hydrogen (secondary N) is 1. The largest absolute Gasteiger partial charge is 0.381 e. The number of hydrogen-bond acceptors (Lipinski definition) is 3. The van der Waals surface area contributed by atoms with Gasteiger partial charge in [-0.1, -0.05) is 29.9 Å². The Morgan fingerprint density at radius 2 is 1.77 bits per heavy atom. The molecule has 0 unspecified atom stereocenters. The Morgan fingerprint density at radius 3 is 2.45 bits per heavy atom. The minimum absolute atomic E-state index is 0.770. The third kappa shape index (κ3) is 4.29. The minimum atomic E-state index is 0.770. The highest BCUT2D eigenvalue weighted by Gasteiger charge is 2.01. The fraction of sp³-hybridized carbons (Fsp3) is 0.263. The molecule has 1 heterocycles. The highest BCUT2D eigenvalue weighted by atomic mass is 14.9. The summed E-state index contributed by atoms with van der Waals surface area (Å²) in [5.41, 5.74) is 6.73. The lowest BCUT2D eigenvalue weighted by Gasteiger charge is -2.11. The first-order valence-electron chi connectivity index (χ1n) is 7.52. The van der Waals surface area contributed by atoms with E-state index in [9.17, 15) is 0 Å². The van der Waals surface area contributed by atoms with E-state index in [0.717, 1.165) is 23.3 Å². The number of hydrogen-bond donors (Lipinski definition) is 1. The van der Waals surface area contributed by atoms with Crippen molar-refractivity contribution in [2.45, 2.75) is 34.2 Å². The Labute approximate surface area is 132 Å². The Balaban J connectivity index is 2.09. The molecule has 3 nitrogen and oxygen atoms in total. The van der Waals surface area contributed by atoms with E-state index in [1.165, 1.54) is 16.7 Å². The van der Waals surface area contributed by atoms with Crippen LogP contribution in [0.15, 0.2) is 65.7 Å². The molecule has 0 amide bonds. The summed E-state index contributed by atoms with van der Waals surface area (Å²) in [4.78, 5) is 8.64. The van der Waals surface area contributed by atoms with Crippen molar-refractivity contribution in [3.63, 3.8) is 0 Å². The summed E-state index contributed by atoms with van der Waals surface area (Å²) in [5, 5.41) is 3.49. The number of allylic oxidation sites excluding steroid dienone is 5. The fourth-order valence-corrected chi connectivity index (χ4v) is 2.17. The lowest BCUT2D eigenvalue weighted by molar-refractivity contribution is 0.818. The molecule has 1 aromatic carbocycles. The summed E-state index contributed by atoms with van der Waals surface area (Å²) in [7, 11) is 0. The van der Waals surface area contributed by atoms with Crippen LogP contribution >= 0.6 is 0 Å². The molecule has 0 atom stereocenters. The van der Waals surface area contributed by atoms with E-state index in [1.54, 1.807) is 12.4 Å². The maximum absolute atomic E-state index is 4.35. The molecule has 3 heteroatoms. The highest BCUT2D eigenvalue weighted by molar-refractivity contribution is 5.74. The molecule has 0 bridgehead atoms. The van der Waals surface area contributed by atoms with Crippen molar-refractivity contribution in [3.05, 3.63) is 71.2 Å². The molecule has 0 aliphatic heterocycles. The first-order valence-corrected chi connectivity index (χ1v) is 7.52. The van der Waals surface area contributed by atoms with Crippen LogP contribution in [0.2, 0.25) is 0 Å². The van der Waals surface area contributed by atoms with Gasteiger partial charge < -0.3 is 5.32 Å². The van der Waals surface area contributed by atoms with E-state index in [-0.39, 0.29) is 0 Å². The molecule has 0 spiro atoms. The van der Waals surface area contributed by atoms with Gasteiger partial charge in [-0.05, 0) is 51.0 Å². The molecular weight excluding hydrogens is 270 g/mol. The molecule has 2 aromatic rings. The van der Waals surface area contributed by atoms with Crippen molar-refractivity contribution < 1.29 is 0 Å². The van der Waals surface area contributed by atoms with Gasteiger partial charge in [-0.2, -0.15) is 0 Å². The van der Waals surface area contributed by atoms with Gasteiger partial charge in [-0.15, -0.1) is 0 Å². The molecule has 0 aliphatic carbocycles. The van der Waals surface area contributed by atoms with E-state index < -0.39 is 0 Å². The summed E-state index contributed by atoms with van der Waals surface area (Å²) < 4.78 is 0. The van der Waals surface area contributed by atoms with Crippen molar-refractivity contribution in [3.8, 4) is 0 Å². The summed E-state index contributed by atoms with van der Waals surface area (Å²) in [6.07, 6.45) is 9.82. The van der Waals surface area contributed by atoms with Gasteiger partial charge in [-0.25, -0.2) is 0 Å². The average Bonchev–Trinajstić information content (AvgIpc) is 2.53. The van der Waals surface area contributed by atoms with Gasteiger partial charge in [0.25, 0.3) is 0 Å². The Kier molecular flexibility index (Phi) is 5.48. The second-order valence-corrected chi connectivity index (χ2v) is 5.53. The molecular formula is C19H23N3. The van der Waals surface area contributed by atoms with Crippen LogP contribution in [0.3, 0.4) is 0 Å². The van der Waals surface area contributed by atoms with Crippen LogP contribution in [0.4, 0.5) is 0 Å². The molecule has 0 aliphatic rings. The summed E-state index contributed by atoms with van der Waals surface area (Å²) in [5.74, 6) is 0. The third-order valence-corrected chi connectivity index (χ3v) is 3.40. The monoisotopic (exact) mass is 293 g/mol. The van der Waals surface area contributed by atoms with E-state index >= 15 is 0 Å². The SMILES string of the molecule is C/C=C(NCc1ccc2nccnc2c1)\C(C)=C/C=C(C)C. The first-order chi connectivity index (χ1) is 10.6. The van der Waals surface area contributed by atoms with Crippen molar-refractivity contribution in [2.24, 2.45) is 0 Å². The molecule has 1 aromatic heterocycles. The maximum atomic E-state index is 4.35. The third-order valence-electron chi connectivity index (χ3n) is 3.40. The topological polar surface area (TPSA) is 37.8 Å². The fourth-order valence-electron chi connectivity index (χ4n) is 2.17. The zero-order valence-corrected chi connectivity index (χ0v) is 13.7. The van der Waals surface area contributed by atoms with Crippen molar-refractivity contribution in [2.75, 3.05) is 0 Å². The normalized spacial score (nSPS) is 12.4. The van der Waals surface area contributed by atoms with Crippen molar-refractivity contribution in [1.29, 1.82) is 0 Å². The molecule has 114 valence electrons. The first kappa shape index (κ1) is 16.0. The zero-order chi connectivity index (χ0) is 15.9. The van der Waals surface area contributed by atoms with Crippen LogP contribution in [0.5, 0.6) is 0 Å². The van der Waals surface area contributed by atoms with Crippen LogP contribution < -0.4 is 5.32 Å². The van der Waals surface area contributed by atoms with Gasteiger partial charge in [0.1, 0.15) is 0 Å². The van der Waals surface area contributed by atoms with Crippen LogP contribution in [0, 0.1) is 0 Å². The van der Waals surface area contributed by atoms with Crippen LogP contribution in [0.25, 0.3) is 11.0 Å². The quantitative estimate of drug-likeness (QED) is 0.823. The molecule has 1 N–H and O–H groups in total. The molecule has 0 saturated carbocycles. The lowest BCUT2D eigenvalue weighted by atomic mass is 10.1. The molecule has 2 rings (SSSR count). The van der Waals surface area contributed by atoms with Gasteiger partial charge in [-0.3, -0.25) is 9.97 Å². The number of aromatic nitrogens is 2. The summed E-state index contributed by atoms with van der Waals surface area (Å²) >= 11 is 0.